The Morgan fingerprint density at radius 1 is 1.38 bits per heavy atom. The summed E-state index contributed by atoms with van der Waals surface area (Å²) in [5.74, 6) is -0.0463. The number of aliphatic hydroxyl groups is 1. The van der Waals surface area contributed by atoms with E-state index in [4.69, 9.17) is 11.6 Å². The number of aromatic nitrogens is 1. The normalized spacial score (nSPS) is 16.0. The Kier molecular flexibility index (Phi) is 6.00. The lowest BCUT2D eigenvalue weighted by atomic mass is 9.93. The monoisotopic (exact) mass is 310 g/mol. The van der Waals surface area contributed by atoms with Crippen molar-refractivity contribution in [1.29, 1.82) is 0 Å². The molecule has 4 nitrogen and oxygen atoms in total. The van der Waals surface area contributed by atoms with E-state index < -0.39 is 0 Å². The van der Waals surface area contributed by atoms with Crippen molar-refractivity contribution in [3.63, 3.8) is 0 Å². The third-order valence-electron chi connectivity index (χ3n) is 4.07. The number of carbonyl (C=O) groups is 1. The Balaban J connectivity index is 2.22. The van der Waals surface area contributed by atoms with Crippen LogP contribution in [-0.4, -0.2) is 40.1 Å². The molecule has 1 aliphatic rings. The predicted octanol–water partition coefficient (Wildman–Crippen LogP) is 3.06. The van der Waals surface area contributed by atoms with Crippen LogP contribution in [0.15, 0.2) is 12.1 Å². The van der Waals surface area contributed by atoms with E-state index in [0.717, 1.165) is 37.8 Å². The van der Waals surface area contributed by atoms with E-state index in [0.29, 0.717) is 17.3 Å². The summed E-state index contributed by atoms with van der Waals surface area (Å²) in [7, 11) is 0. The molecule has 2 rings (SSSR count). The summed E-state index contributed by atoms with van der Waals surface area (Å²) in [5.41, 5.74) is 1.39. The van der Waals surface area contributed by atoms with Crippen molar-refractivity contribution in [3.8, 4) is 0 Å². The number of rotatable bonds is 5. The third-order valence-corrected chi connectivity index (χ3v) is 4.27. The summed E-state index contributed by atoms with van der Waals surface area (Å²) in [4.78, 5) is 18.8. The zero-order chi connectivity index (χ0) is 15.2. The maximum absolute atomic E-state index is 12.8. The van der Waals surface area contributed by atoms with Gasteiger partial charge in [-0.3, -0.25) is 4.79 Å². The second kappa shape index (κ2) is 7.76. The van der Waals surface area contributed by atoms with Crippen molar-refractivity contribution in [1.82, 2.24) is 9.88 Å². The molecule has 0 aromatic carbocycles. The maximum Gasteiger partial charge on any atom is 0.254 e. The van der Waals surface area contributed by atoms with Crippen molar-refractivity contribution in [2.45, 2.75) is 51.5 Å². The molecule has 0 spiro atoms. The lowest BCUT2D eigenvalue weighted by Crippen LogP contribution is -2.43. The van der Waals surface area contributed by atoms with Crippen LogP contribution in [0.3, 0.4) is 0 Å². The van der Waals surface area contributed by atoms with E-state index in [9.17, 15) is 9.90 Å². The standard InChI is InChI=1S/C16H23ClN2O2/c1-2-13-10-12(11-15(17)18-13)16(21)19(8-9-20)14-6-4-3-5-7-14/h10-11,14,20H,2-9H2,1H3. The molecule has 0 atom stereocenters. The molecular weight excluding hydrogens is 288 g/mol. The number of nitrogens with zero attached hydrogens (tertiary/aromatic N) is 2. The van der Waals surface area contributed by atoms with E-state index in [1.54, 1.807) is 12.1 Å². The van der Waals surface area contributed by atoms with Crippen molar-refractivity contribution in [2.75, 3.05) is 13.2 Å². The van der Waals surface area contributed by atoms with Gasteiger partial charge in [-0.25, -0.2) is 4.98 Å². The third kappa shape index (κ3) is 4.17. The smallest absolute Gasteiger partial charge is 0.254 e. The first-order chi connectivity index (χ1) is 10.2. The van der Waals surface area contributed by atoms with E-state index in [2.05, 4.69) is 4.98 Å². The Hall–Kier alpha value is -1.13. The van der Waals surface area contributed by atoms with E-state index >= 15 is 0 Å². The highest BCUT2D eigenvalue weighted by atomic mass is 35.5. The zero-order valence-electron chi connectivity index (χ0n) is 12.5. The molecule has 0 aliphatic heterocycles. The van der Waals surface area contributed by atoms with Crippen molar-refractivity contribution < 1.29 is 9.90 Å². The molecule has 1 aliphatic carbocycles. The molecule has 1 saturated carbocycles. The van der Waals surface area contributed by atoms with Crippen LogP contribution in [0.4, 0.5) is 0 Å². The van der Waals surface area contributed by atoms with E-state index in [1.807, 2.05) is 11.8 Å². The minimum absolute atomic E-state index is 0.0122. The van der Waals surface area contributed by atoms with Gasteiger partial charge >= 0.3 is 0 Å². The van der Waals surface area contributed by atoms with Crippen molar-refractivity contribution >= 4 is 17.5 Å². The van der Waals surface area contributed by atoms with E-state index in [-0.39, 0.29) is 18.6 Å². The summed E-state index contributed by atoms with van der Waals surface area (Å²) < 4.78 is 0. The lowest BCUT2D eigenvalue weighted by molar-refractivity contribution is 0.0585. The largest absolute Gasteiger partial charge is 0.395 e. The van der Waals surface area contributed by atoms with Gasteiger partial charge in [-0.15, -0.1) is 0 Å². The number of pyridine rings is 1. The van der Waals surface area contributed by atoms with Crippen LogP contribution < -0.4 is 0 Å². The summed E-state index contributed by atoms with van der Waals surface area (Å²) in [6, 6.07) is 3.66. The summed E-state index contributed by atoms with van der Waals surface area (Å²) in [6.07, 6.45) is 6.31. The van der Waals surface area contributed by atoms with Gasteiger partial charge in [0, 0.05) is 23.8 Å². The maximum atomic E-state index is 12.8. The average molecular weight is 311 g/mol. The van der Waals surface area contributed by atoms with Gasteiger partial charge in [-0.05, 0) is 31.4 Å². The molecule has 1 N–H and O–H groups in total. The highest BCUT2D eigenvalue weighted by molar-refractivity contribution is 6.29. The van der Waals surface area contributed by atoms with Crippen molar-refractivity contribution in [3.05, 3.63) is 28.5 Å². The van der Waals surface area contributed by atoms with Crippen molar-refractivity contribution in [2.24, 2.45) is 0 Å². The van der Waals surface area contributed by atoms with Gasteiger partial charge in [0.1, 0.15) is 5.15 Å². The molecule has 0 bridgehead atoms. The fourth-order valence-electron chi connectivity index (χ4n) is 2.97. The second-order valence-electron chi connectivity index (χ2n) is 5.54. The van der Waals surface area contributed by atoms with Crippen LogP contribution in [-0.2, 0) is 6.42 Å². The molecule has 0 radical (unpaired) electrons. The molecule has 1 aromatic heterocycles. The van der Waals surface area contributed by atoms with E-state index in [1.165, 1.54) is 6.42 Å². The first-order valence-corrected chi connectivity index (χ1v) is 8.11. The number of aryl methyl sites for hydroxylation is 1. The van der Waals surface area contributed by atoms with Gasteiger partial charge < -0.3 is 10.0 Å². The van der Waals surface area contributed by atoms with Crippen LogP contribution in [0.25, 0.3) is 0 Å². The summed E-state index contributed by atoms with van der Waals surface area (Å²) >= 11 is 6.01. The lowest BCUT2D eigenvalue weighted by Gasteiger charge is -2.34. The van der Waals surface area contributed by atoms with Gasteiger partial charge in [0.15, 0.2) is 0 Å². The first kappa shape index (κ1) is 16.2. The quantitative estimate of drug-likeness (QED) is 0.850. The topological polar surface area (TPSA) is 53.4 Å². The molecule has 1 heterocycles. The van der Waals surface area contributed by atoms with Gasteiger partial charge in [0.05, 0.1) is 6.61 Å². The minimum atomic E-state index is -0.0463. The van der Waals surface area contributed by atoms with Crippen LogP contribution in [0, 0.1) is 0 Å². The number of halogens is 1. The molecular formula is C16H23ClN2O2. The second-order valence-corrected chi connectivity index (χ2v) is 5.92. The Morgan fingerprint density at radius 2 is 2.10 bits per heavy atom. The van der Waals surface area contributed by atoms with Crippen LogP contribution >= 0.6 is 11.6 Å². The minimum Gasteiger partial charge on any atom is -0.395 e. The zero-order valence-corrected chi connectivity index (χ0v) is 13.3. The number of hydrogen-bond donors (Lipinski definition) is 1. The number of carbonyl (C=O) groups excluding carboxylic acids is 1. The van der Waals surface area contributed by atoms with Gasteiger partial charge in [0.2, 0.25) is 0 Å². The summed E-state index contributed by atoms with van der Waals surface area (Å²) in [5, 5.41) is 9.64. The SMILES string of the molecule is CCc1cc(C(=O)N(CCO)C2CCCCC2)cc(Cl)n1. The number of aliphatic hydroxyl groups excluding tert-OH is 1. The number of hydrogen-bond acceptors (Lipinski definition) is 3. The summed E-state index contributed by atoms with van der Waals surface area (Å²) in [6.45, 7) is 2.35. The van der Waals surface area contributed by atoms with Crippen LogP contribution in [0.1, 0.15) is 55.1 Å². The Labute approximate surface area is 131 Å². The molecule has 116 valence electrons. The fraction of sp³-hybridized carbons (Fsp3) is 0.625. The Morgan fingerprint density at radius 3 is 2.71 bits per heavy atom. The molecule has 0 saturated heterocycles. The molecule has 1 fully saturated rings. The molecule has 0 unspecified atom stereocenters. The van der Waals surface area contributed by atoms with Gasteiger partial charge in [-0.2, -0.15) is 0 Å². The molecule has 21 heavy (non-hydrogen) atoms. The highest BCUT2D eigenvalue weighted by Crippen LogP contribution is 2.24. The first-order valence-electron chi connectivity index (χ1n) is 7.74. The predicted molar refractivity (Wildman–Crippen MR) is 83.6 cm³/mol. The molecule has 5 heteroatoms. The average Bonchev–Trinajstić information content (AvgIpc) is 2.52. The fourth-order valence-corrected chi connectivity index (χ4v) is 3.20. The molecule has 1 aromatic rings. The van der Waals surface area contributed by atoms with Crippen LogP contribution in [0.5, 0.6) is 0 Å². The molecule has 1 amide bonds. The van der Waals surface area contributed by atoms with Gasteiger partial charge in [-0.1, -0.05) is 37.8 Å². The van der Waals surface area contributed by atoms with Crippen LogP contribution in [0.2, 0.25) is 5.15 Å². The highest BCUT2D eigenvalue weighted by Gasteiger charge is 2.26. The van der Waals surface area contributed by atoms with Gasteiger partial charge in [0.25, 0.3) is 5.91 Å². The number of amides is 1. The Bertz CT molecular complexity index is 487.